The largest absolute Gasteiger partial charge is 0.460 e. The standard InChI is InChI=1S/C20H18Cl3NO.ClH/c1-13-17(3-2-4-18(13)22)20-8-7-16(25-20)12-24-10-9-14-5-6-15(21)11-19(14)23;/h2-8,11,24H,9-10,12H2,1H3;1H. The lowest BCUT2D eigenvalue weighted by molar-refractivity contribution is 0.494. The zero-order chi connectivity index (χ0) is 17.8. The van der Waals surface area contributed by atoms with Crippen molar-refractivity contribution in [2.75, 3.05) is 6.54 Å². The van der Waals surface area contributed by atoms with Crippen LogP contribution in [0.3, 0.4) is 0 Å². The van der Waals surface area contributed by atoms with Gasteiger partial charge in [0, 0.05) is 20.6 Å². The van der Waals surface area contributed by atoms with Crippen LogP contribution >= 0.6 is 47.2 Å². The summed E-state index contributed by atoms with van der Waals surface area (Å²) in [5, 5.41) is 5.47. The minimum atomic E-state index is 0. The fraction of sp³-hybridized carbons (Fsp3) is 0.200. The van der Waals surface area contributed by atoms with Crippen LogP contribution in [0.2, 0.25) is 15.1 Å². The highest BCUT2D eigenvalue weighted by Crippen LogP contribution is 2.29. The van der Waals surface area contributed by atoms with Crippen molar-refractivity contribution in [1.82, 2.24) is 5.32 Å². The van der Waals surface area contributed by atoms with Crippen molar-refractivity contribution < 1.29 is 4.42 Å². The molecule has 0 saturated carbocycles. The van der Waals surface area contributed by atoms with Crippen LogP contribution in [0.15, 0.2) is 52.9 Å². The Morgan fingerprint density at radius 3 is 2.54 bits per heavy atom. The smallest absolute Gasteiger partial charge is 0.134 e. The van der Waals surface area contributed by atoms with E-state index >= 15 is 0 Å². The quantitative estimate of drug-likeness (QED) is 0.427. The van der Waals surface area contributed by atoms with Gasteiger partial charge in [-0.15, -0.1) is 12.4 Å². The summed E-state index contributed by atoms with van der Waals surface area (Å²) in [6.07, 6.45) is 0.830. The Morgan fingerprint density at radius 2 is 1.77 bits per heavy atom. The molecule has 3 aromatic rings. The Labute approximate surface area is 174 Å². The van der Waals surface area contributed by atoms with Gasteiger partial charge in [0.15, 0.2) is 0 Å². The molecule has 0 bridgehead atoms. The van der Waals surface area contributed by atoms with Crippen molar-refractivity contribution in [1.29, 1.82) is 0 Å². The summed E-state index contributed by atoms with van der Waals surface area (Å²) in [5.74, 6) is 1.72. The Morgan fingerprint density at radius 1 is 0.962 bits per heavy atom. The minimum absolute atomic E-state index is 0. The van der Waals surface area contributed by atoms with Crippen LogP contribution < -0.4 is 5.32 Å². The Bertz CT molecular complexity index is 876. The molecular weight excluding hydrogens is 412 g/mol. The molecule has 0 aliphatic heterocycles. The number of furan rings is 1. The second-order valence-corrected chi connectivity index (χ2v) is 7.09. The van der Waals surface area contributed by atoms with Crippen LogP contribution in [0.1, 0.15) is 16.9 Å². The molecule has 0 aliphatic carbocycles. The lowest BCUT2D eigenvalue weighted by Crippen LogP contribution is -2.16. The highest BCUT2D eigenvalue weighted by Gasteiger charge is 2.09. The molecule has 0 spiro atoms. The maximum absolute atomic E-state index is 6.18. The summed E-state index contributed by atoms with van der Waals surface area (Å²) < 4.78 is 5.93. The fourth-order valence-electron chi connectivity index (χ4n) is 2.65. The van der Waals surface area contributed by atoms with Gasteiger partial charge in [0.2, 0.25) is 0 Å². The zero-order valence-corrected chi connectivity index (χ0v) is 17.3. The van der Waals surface area contributed by atoms with Crippen molar-refractivity contribution in [2.45, 2.75) is 19.9 Å². The third kappa shape index (κ3) is 5.18. The number of hydrogen-bond acceptors (Lipinski definition) is 2. The van der Waals surface area contributed by atoms with Gasteiger partial charge in [0.05, 0.1) is 6.54 Å². The topological polar surface area (TPSA) is 25.2 Å². The summed E-state index contributed by atoms with van der Waals surface area (Å²) in [7, 11) is 0. The Balaban J connectivity index is 0.00000243. The van der Waals surface area contributed by atoms with E-state index in [1.165, 1.54) is 0 Å². The van der Waals surface area contributed by atoms with Crippen molar-refractivity contribution >= 4 is 47.2 Å². The summed E-state index contributed by atoms with van der Waals surface area (Å²) >= 11 is 18.3. The van der Waals surface area contributed by atoms with Crippen molar-refractivity contribution in [3.8, 4) is 11.3 Å². The maximum atomic E-state index is 6.18. The minimum Gasteiger partial charge on any atom is -0.460 e. The first-order valence-corrected chi connectivity index (χ1v) is 9.17. The Kier molecular flexibility index (Phi) is 7.87. The van der Waals surface area contributed by atoms with E-state index in [2.05, 4.69) is 5.32 Å². The molecule has 0 atom stereocenters. The molecule has 0 saturated heterocycles. The first-order valence-electron chi connectivity index (χ1n) is 8.03. The molecule has 2 nitrogen and oxygen atoms in total. The van der Waals surface area contributed by atoms with Crippen LogP contribution in [0, 0.1) is 6.92 Å². The van der Waals surface area contributed by atoms with E-state index in [1.807, 2.05) is 49.4 Å². The average Bonchev–Trinajstić information content (AvgIpc) is 3.04. The molecule has 2 aromatic carbocycles. The van der Waals surface area contributed by atoms with Crippen molar-refractivity contribution in [3.63, 3.8) is 0 Å². The first-order chi connectivity index (χ1) is 12.0. The number of halogens is 4. The molecule has 0 unspecified atom stereocenters. The number of nitrogens with one attached hydrogen (secondary N) is 1. The van der Waals surface area contributed by atoms with Gasteiger partial charge in [0.25, 0.3) is 0 Å². The second-order valence-electron chi connectivity index (χ2n) is 5.84. The predicted molar refractivity (Wildman–Crippen MR) is 113 cm³/mol. The molecular formula is C20H19Cl4NO. The van der Waals surface area contributed by atoms with Crippen LogP contribution in [-0.2, 0) is 13.0 Å². The summed E-state index contributed by atoms with van der Waals surface area (Å²) in [6.45, 7) is 3.45. The highest BCUT2D eigenvalue weighted by atomic mass is 35.5. The van der Waals surface area contributed by atoms with E-state index < -0.39 is 0 Å². The number of hydrogen-bond donors (Lipinski definition) is 1. The third-order valence-corrected chi connectivity index (χ3v) is 5.08. The number of rotatable bonds is 6. The highest BCUT2D eigenvalue weighted by molar-refractivity contribution is 6.35. The molecule has 0 aliphatic rings. The summed E-state index contributed by atoms with van der Waals surface area (Å²) in [5.41, 5.74) is 3.12. The Hall–Kier alpha value is -1.16. The molecule has 0 radical (unpaired) electrons. The molecule has 138 valence electrons. The lowest BCUT2D eigenvalue weighted by atomic mass is 10.1. The lowest BCUT2D eigenvalue weighted by Gasteiger charge is -2.06. The molecule has 0 fully saturated rings. The van der Waals surface area contributed by atoms with Crippen LogP contribution in [0.25, 0.3) is 11.3 Å². The van der Waals surface area contributed by atoms with Gasteiger partial charge in [-0.05, 0) is 61.3 Å². The first kappa shape index (κ1) is 21.1. The molecule has 3 rings (SSSR count). The van der Waals surface area contributed by atoms with Gasteiger partial charge in [-0.25, -0.2) is 0 Å². The molecule has 0 amide bonds. The van der Waals surface area contributed by atoms with Gasteiger partial charge in [-0.2, -0.15) is 0 Å². The molecule has 6 heteroatoms. The van der Waals surface area contributed by atoms with E-state index in [0.29, 0.717) is 16.6 Å². The monoisotopic (exact) mass is 429 g/mol. The fourth-order valence-corrected chi connectivity index (χ4v) is 3.33. The van der Waals surface area contributed by atoms with E-state index in [4.69, 9.17) is 39.2 Å². The van der Waals surface area contributed by atoms with E-state index in [1.54, 1.807) is 6.07 Å². The second kappa shape index (κ2) is 9.68. The predicted octanol–water partition coefficient (Wildman–Crippen LogP) is 6.97. The van der Waals surface area contributed by atoms with Gasteiger partial charge < -0.3 is 9.73 Å². The summed E-state index contributed by atoms with van der Waals surface area (Å²) in [4.78, 5) is 0. The van der Waals surface area contributed by atoms with Crippen LogP contribution in [0.4, 0.5) is 0 Å². The maximum Gasteiger partial charge on any atom is 0.134 e. The molecule has 1 aromatic heterocycles. The van der Waals surface area contributed by atoms with Gasteiger partial charge >= 0.3 is 0 Å². The summed E-state index contributed by atoms with van der Waals surface area (Å²) in [6, 6.07) is 15.4. The van der Waals surface area contributed by atoms with E-state index in [-0.39, 0.29) is 12.4 Å². The normalized spacial score (nSPS) is 10.6. The molecule has 1 N–H and O–H groups in total. The van der Waals surface area contributed by atoms with Crippen LogP contribution in [0.5, 0.6) is 0 Å². The SMILES string of the molecule is Cc1c(Cl)cccc1-c1ccc(CNCCc2ccc(Cl)cc2Cl)o1.Cl. The van der Waals surface area contributed by atoms with Gasteiger partial charge in [-0.1, -0.05) is 53.0 Å². The van der Waals surface area contributed by atoms with E-state index in [0.717, 1.165) is 46.2 Å². The van der Waals surface area contributed by atoms with Gasteiger partial charge in [-0.3, -0.25) is 0 Å². The number of benzene rings is 2. The van der Waals surface area contributed by atoms with E-state index in [9.17, 15) is 0 Å². The average molecular weight is 431 g/mol. The molecule has 26 heavy (non-hydrogen) atoms. The van der Waals surface area contributed by atoms with Crippen LogP contribution in [-0.4, -0.2) is 6.54 Å². The van der Waals surface area contributed by atoms with Crippen molar-refractivity contribution in [2.24, 2.45) is 0 Å². The van der Waals surface area contributed by atoms with Crippen molar-refractivity contribution in [3.05, 3.63) is 80.5 Å². The zero-order valence-electron chi connectivity index (χ0n) is 14.2. The third-order valence-electron chi connectivity index (χ3n) is 4.08. The molecule has 1 heterocycles. The van der Waals surface area contributed by atoms with Gasteiger partial charge in [0.1, 0.15) is 11.5 Å².